The molecule has 1 aromatic carbocycles. The van der Waals surface area contributed by atoms with Crippen LogP contribution in [0.4, 0.5) is 5.95 Å². The van der Waals surface area contributed by atoms with Crippen molar-refractivity contribution in [2.45, 2.75) is 13.3 Å². The molecule has 0 saturated carbocycles. The SMILES string of the molecule is CCCNc1nc(-c2ccccc2Cl)c2cn[nH]c2n1. The highest BCUT2D eigenvalue weighted by Gasteiger charge is 2.13. The summed E-state index contributed by atoms with van der Waals surface area (Å²) >= 11 is 6.27. The molecule has 0 bridgehead atoms. The zero-order chi connectivity index (χ0) is 13.9. The standard InChI is InChI=1S/C14H14ClN5/c1-2-7-16-14-18-12(9-5-3-4-6-11(9)15)10-8-17-20-13(10)19-14/h3-6,8H,2,7H2,1H3,(H2,16,17,18,19,20). The minimum Gasteiger partial charge on any atom is -0.354 e. The third-order valence-corrected chi connectivity index (χ3v) is 3.30. The van der Waals surface area contributed by atoms with Gasteiger partial charge in [-0.15, -0.1) is 0 Å². The first-order valence-electron chi connectivity index (χ1n) is 6.49. The van der Waals surface area contributed by atoms with Crippen molar-refractivity contribution in [1.82, 2.24) is 20.2 Å². The molecule has 3 rings (SSSR count). The summed E-state index contributed by atoms with van der Waals surface area (Å²) in [6.45, 7) is 2.91. The zero-order valence-corrected chi connectivity index (χ0v) is 11.8. The summed E-state index contributed by atoms with van der Waals surface area (Å²) in [4.78, 5) is 8.98. The molecule has 0 radical (unpaired) electrons. The van der Waals surface area contributed by atoms with Gasteiger partial charge >= 0.3 is 0 Å². The number of benzene rings is 1. The van der Waals surface area contributed by atoms with E-state index in [4.69, 9.17) is 11.6 Å². The van der Waals surface area contributed by atoms with Gasteiger partial charge in [0.25, 0.3) is 0 Å². The van der Waals surface area contributed by atoms with E-state index in [1.54, 1.807) is 6.20 Å². The van der Waals surface area contributed by atoms with Gasteiger partial charge in [0.1, 0.15) is 0 Å². The van der Waals surface area contributed by atoms with Crippen molar-refractivity contribution in [3.8, 4) is 11.3 Å². The van der Waals surface area contributed by atoms with Crippen LogP contribution in [0.15, 0.2) is 30.5 Å². The lowest BCUT2D eigenvalue weighted by Crippen LogP contribution is -2.05. The fourth-order valence-corrected chi connectivity index (χ4v) is 2.23. The van der Waals surface area contributed by atoms with Crippen molar-refractivity contribution in [1.29, 1.82) is 0 Å². The zero-order valence-electron chi connectivity index (χ0n) is 11.0. The topological polar surface area (TPSA) is 66.5 Å². The maximum atomic E-state index is 6.27. The average Bonchev–Trinajstić information content (AvgIpc) is 2.93. The second-order valence-electron chi connectivity index (χ2n) is 4.43. The molecule has 5 nitrogen and oxygen atoms in total. The smallest absolute Gasteiger partial charge is 0.225 e. The lowest BCUT2D eigenvalue weighted by atomic mass is 10.1. The van der Waals surface area contributed by atoms with Crippen molar-refractivity contribution >= 4 is 28.6 Å². The molecule has 102 valence electrons. The molecular weight excluding hydrogens is 274 g/mol. The Balaban J connectivity index is 2.17. The molecule has 0 saturated heterocycles. The number of anilines is 1. The number of aromatic nitrogens is 4. The van der Waals surface area contributed by atoms with Crippen LogP contribution in [-0.2, 0) is 0 Å². The summed E-state index contributed by atoms with van der Waals surface area (Å²) in [5, 5.41) is 11.6. The van der Waals surface area contributed by atoms with Gasteiger partial charge in [-0.2, -0.15) is 10.1 Å². The van der Waals surface area contributed by atoms with E-state index in [-0.39, 0.29) is 0 Å². The molecule has 0 aliphatic heterocycles. The predicted molar refractivity (Wildman–Crippen MR) is 80.9 cm³/mol. The summed E-state index contributed by atoms with van der Waals surface area (Å²) in [5.41, 5.74) is 2.36. The summed E-state index contributed by atoms with van der Waals surface area (Å²) in [5.74, 6) is 0.582. The normalized spacial score (nSPS) is 10.9. The first-order chi connectivity index (χ1) is 9.79. The lowest BCUT2D eigenvalue weighted by Gasteiger charge is -2.08. The van der Waals surface area contributed by atoms with Gasteiger partial charge in [0.2, 0.25) is 5.95 Å². The third-order valence-electron chi connectivity index (χ3n) is 2.97. The van der Waals surface area contributed by atoms with Crippen LogP contribution >= 0.6 is 11.6 Å². The summed E-state index contributed by atoms with van der Waals surface area (Å²) in [6.07, 6.45) is 2.73. The number of H-pyrrole nitrogens is 1. The molecule has 0 spiro atoms. The van der Waals surface area contributed by atoms with Crippen LogP contribution in [0.25, 0.3) is 22.3 Å². The fourth-order valence-electron chi connectivity index (χ4n) is 2.01. The van der Waals surface area contributed by atoms with E-state index in [0.29, 0.717) is 16.6 Å². The van der Waals surface area contributed by atoms with E-state index < -0.39 is 0 Å². The Morgan fingerprint density at radius 3 is 2.90 bits per heavy atom. The van der Waals surface area contributed by atoms with E-state index in [1.807, 2.05) is 24.3 Å². The van der Waals surface area contributed by atoms with Crippen LogP contribution in [0.1, 0.15) is 13.3 Å². The number of hydrogen-bond donors (Lipinski definition) is 2. The Morgan fingerprint density at radius 2 is 2.10 bits per heavy atom. The molecule has 2 heterocycles. The highest BCUT2D eigenvalue weighted by molar-refractivity contribution is 6.33. The Labute approximate surface area is 121 Å². The van der Waals surface area contributed by atoms with E-state index in [9.17, 15) is 0 Å². The molecule has 6 heteroatoms. The Bertz CT molecular complexity index is 737. The number of hydrogen-bond acceptors (Lipinski definition) is 4. The molecule has 20 heavy (non-hydrogen) atoms. The molecule has 2 aromatic heterocycles. The molecule has 0 aliphatic rings. The highest BCUT2D eigenvalue weighted by atomic mass is 35.5. The maximum absolute atomic E-state index is 6.27. The maximum Gasteiger partial charge on any atom is 0.225 e. The van der Waals surface area contributed by atoms with Gasteiger partial charge < -0.3 is 5.32 Å². The van der Waals surface area contributed by atoms with Crippen molar-refractivity contribution in [2.75, 3.05) is 11.9 Å². The number of rotatable bonds is 4. The minimum atomic E-state index is 0.582. The monoisotopic (exact) mass is 287 g/mol. The number of nitrogens with zero attached hydrogens (tertiary/aromatic N) is 3. The highest BCUT2D eigenvalue weighted by Crippen LogP contribution is 2.31. The van der Waals surface area contributed by atoms with Crippen LogP contribution in [0.5, 0.6) is 0 Å². The van der Waals surface area contributed by atoms with Gasteiger partial charge in [-0.25, -0.2) is 4.98 Å². The van der Waals surface area contributed by atoms with Crippen molar-refractivity contribution < 1.29 is 0 Å². The first kappa shape index (κ1) is 12.9. The Morgan fingerprint density at radius 1 is 1.25 bits per heavy atom. The van der Waals surface area contributed by atoms with E-state index in [2.05, 4.69) is 32.4 Å². The molecule has 0 fully saturated rings. The first-order valence-corrected chi connectivity index (χ1v) is 6.87. The average molecular weight is 288 g/mol. The van der Waals surface area contributed by atoms with E-state index in [1.165, 1.54) is 0 Å². The predicted octanol–water partition coefficient (Wildman–Crippen LogP) is 3.50. The summed E-state index contributed by atoms with van der Waals surface area (Å²) in [6, 6.07) is 7.63. The molecule has 2 N–H and O–H groups in total. The fraction of sp³-hybridized carbons (Fsp3) is 0.214. The van der Waals surface area contributed by atoms with E-state index >= 15 is 0 Å². The molecular formula is C14H14ClN5. The van der Waals surface area contributed by atoms with Gasteiger partial charge in [-0.05, 0) is 12.5 Å². The van der Waals surface area contributed by atoms with Gasteiger partial charge in [-0.1, -0.05) is 36.7 Å². The second-order valence-corrected chi connectivity index (χ2v) is 4.84. The van der Waals surface area contributed by atoms with Crippen LogP contribution in [-0.4, -0.2) is 26.7 Å². The Hall–Kier alpha value is -2.14. The molecule has 0 atom stereocenters. The number of aromatic amines is 1. The Kier molecular flexibility index (Phi) is 3.52. The molecule has 0 unspecified atom stereocenters. The second kappa shape index (κ2) is 5.46. The van der Waals surface area contributed by atoms with Crippen LogP contribution in [0, 0.1) is 0 Å². The minimum absolute atomic E-state index is 0.582. The lowest BCUT2D eigenvalue weighted by molar-refractivity contribution is 0.955. The van der Waals surface area contributed by atoms with Gasteiger partial charge in [-0.3, -0.25) is 5.10 Å². The van der Waals surface area contributed by atoms with Gasteiger partial charge in [0.15, 0.2) is 5.65 Å². The van der Waals surface area contributed by atoms with Crippen LogP contribution in [0.2, 0.25) is 5.02 Å². The molecule has 0 amide bonds. The molecule has 0 aliphatic carbocycles. The van der Waals surface area contributed by atoms with E-state index in [0.717, 1.165) is 29.6 Å². The van der Waals surface area contributed by atoms with Crippen molar-refractivity contribution in [3.63, 3.8) is 0 Å². The van der Waals surface area contributed by atoms with Crippen LogP contribution < -0.4 is 5.32 Å². The summed E-state index contributed by atoms with van der Waals surface area (Å²) < 4.78 is 0. The number of fused-ring (bicyclic) bond motifs is 1. The summed E-state index contributed by atoms with van der Waals surface area (Å²) in [7, 11) is 0. The van der Waals surface area contributed by atoms with Gasteiger partial charge in [0.05, 0.1) is 17.3 Å². The van der Waals surface area contributed by atoms with Crippen LogP contribution in [0.3, 0.4) is 0 Å². The van der Waals surface area contributed by atoms with Crippen molar-refractivity contribution in [3.05, 3.63) is 35.5 Å². The largest absolute Gasteiger partial charge is 0.354 e. The van der Waals surface area contributed by atoms with Crippen molar-refractivity contribution in [2.24, 2.45) is 0 Å². The quantitative estimate of drug-likeness (QED) is 0.771. The number of halogens is 1. The number of nitrogens with one attached hydrogen (secondary N) is 2. The van der Waals surface area contributed by atoms with Gasteiger partial charge in [0, 0.05) is 17.1 Å². The molecule has 3 aromatic rings. The third kappa shape index (κ3) is 2.32.